The Morgan fingerprint density at radius 2 is 1.90 bits per heavy atom. The Balaban J connectivity index is 1.94. The second-order valence-electron chi connectivity index (χ2n) is 4.53. The average molecular weight is 352 g/mol. The van der Waals surface area contributed by atoms with E-state index < -0.39 is 0 Å². The van der Waals surface area contributed by atoms with Gasteiger partial charge in [0.05, 0.1) is 12.7 Å². The van der Waals surface area contributed by atoms with Gasteiger partial charge in [0.2, 0.25) is 0 Å². The Bertz CT molecular complexity index is 629. The van der Waals surface area contributed by atoms with Gasteiger partial charge in [-0.25, -0.2) is 9.18 Å². The molecule has 110 valence electrons. The van der Waals surface area contributed by atoms with Crippen molar-refractivity contribution in [2.45, 2.75) is 13.1 Å². The molecule has 0 spiro atoms. The molecule has 2 aromatic carbocycles. The third-order valence-electron chi connectivity index (χ3n) is 3.03. The summed E-state index contributed by atoms with van der Waals surface area (Å²) in [6.07, 6.45) is 0. The first-order chi connectivity index (χ1) is 10.1. The number of esters is 1. The van der Waals surface area contributed by atoms with Crippen molar-refractivity contribution in [2.75, 3.05) is 7.11 Å². The summed E-state index contributed by atoms with van der Waals surface area (Å²) in [4.78, 5) is 11.4. The van der Waals surface area contributed by atoms with Crippen LogP contribution in [0.15, 0.2) is 46.9 Å². The van der Waals surface area contributed by atoms with E-state index in [0.717, 1.165) is 15.6 Å². The van der Waals surface area contributed by atoms with Crippen LogP contribution in [0.5, 0.6) is 0 Å². The molecule has 0 saturated carbocycles. The largest absolute Gasteiger partial charge is 0.465 e. The predicted molar refractivity (Wildman–Crippen MR) is 82.4 cm³/mol. The molecule has 0 unspecified atom stereocenters. The summed E-state index contributed by atoms with van der Waals surface area (Å²) in [7, 11) is 1.36. The number of benzene rings is 2. The standard InChI is InChI=1S/C16H15BrFNO2/c1-21-16(20)12-4-5-13(15(17)8-12)10-19-9-11-2-6-14(18)7-3-11/h2-8,19H,9-10H2,1H3. The quantitative estimate of drug-likeness (QED) is 0.835. The smallest absolute Gasteiger partial charge is 0.337 e. The number of carbonyl (C=O) groups is 1. The molecule has 0 amide bonds. The maximum atomic E-state index is 12.8. The van der Waals surface area contributed by atoms with Gasteiger partial charge in [-0.05, 0) is 35.4 Å². The van der Waals surface area contributed by atoms with Crippen molar-refractivity contribution in [2.24, 2.45) is 0 Å². The van der Waals surface area contributed by atoms with Gasteiger partial charge in [0.1, 0.15) is 5.82 Å². The topological polar surface area (TPSA) is 38.3 Å². The minimum absolute atomic E-state index is 0.236. The summed E-state index contributed by atoms with van der Waals surface area (Å²) < 4.78 is 18.3. The van der Waals surface area contributed by atoms with Gasteiger partial charge in [-0.1, -0.05) is 34.1 Å². The molecule has 0 saturated heterocycles. The van der Waals surface area contributed by atoms with Gasteiger partial charge >= 0.3 is 5.97 Å². The molecular weight excluding hydrogens is 337 g/mol. The maximum absolute atomic E-state index is 12.8. The molecule has 0 atom stereocenters. The Morgan fingerprint density at radius 1 is 1.19 bits per heavy atom. The van der Waals surface area contributed by atoms with Crippen molar-refractivity contribution in [3.05, 3.63) is 69.4 Å². The lowest BCUT2D eigenvalue weighted by molar-refractivity contribution is 0.0600. The number of carbonyl (C=O) groups excluding carboxylic acids is 1. The van der Waals surface area contributed by atoms with Gasteiger partial charge in [-0.3, -0.25) is 0 Å². The van der Waals surface area contributed by atoms with E-state index in [1.807, 2.05) is 6.07 Å². The molecule has 21 heavy (non-hydrogen) atoms. The fourth-order valence-electron chi connectivity index (χ4n) is 1.88. The van der Waals surface area contributed by atoms with Crippen LogP contribution in [-0.2, 0) is 17.8 Å². The molecule has 0 radical (unpaired) electrons. The normalized spacial score (nSPS) is 10.4. The van der Waals surface area contributed by atoms with Crippen LogP contribution in [0, 0.1) is 5.82 Å². The van der Waals surface area contributed by atoms with Crippen LogP contribution in [0.3, 0.4) is 0 Å². The third-order valence-corrected chi connectivity index (χ3v) is 3.77. The minimum atomic E-state index is -0.360. The van der Waals surface area contributed by atoms with Crippen molar-refractivity contribution in [3.63, 3.8) is 0 Å². The van der Waals surface area contributed by atoms with Gasteiger partial charge in [-0.2, -0.15) is 0 Å². The van der Waals surface area contributed by atoms with Gasteiger partial charge in [-0.15, -0.1) is 0 Å². The summed E-state index contributed by atoms with van der Waals surface area (Å²) in [5.74, 6) is -0.596. The van der Waals surface area contributed by atoms with Crippen LogP contribution < -0.4 is 5.32 Å². The zero-order valence-corrected chi connectivity index (χ0v) is 13.1. The molecule has 2 rings (SSSR count). The Kier molecular flexibility index (Phi) is 5.47. The first-order valence-corrected chi connectivity index (χ1v) is 7.21. The second-order valence-corrected chi connectivity index (χ2v) is 5.38. The molecule has 1 N–H and O–H groups in total. The van der Waals surface area contributed by atoms with E-state index in [0.29, 0.717) is 18.7 Å². The summed E-state index contributed by atoms with van der Waals surface area (Å²) >= 11 is 3.44. The first kappa shape index (κ1) is 15.7. The number of hydrogen-bond acceptors (Lipinski definition) is 3. The van der Waals surface area contributed by atoms with Crippen molar-refractivity contribution in [3.8, 4) is 0 Å². The van der Waals surface area contributed by atoms with Crippen LogP contribution >= 0.6 is 15.9 Å². The highest BCUT2D eigenvalue weighted by Crippen LogP contribution is 2.19. The predicted octanol–water partition coefficient (Wildman–Crippen LogP) is 3.66. The van der Waals surface area contributed by atoms with Gasteiger partial charge < -0.3 is 10.1 Å². The Morgan fingerprint density at radius 3 is 2.52 bits per heavy atom. The second kappa shape index (κ2) is 7.33. The average Bonchev–Trinajstić information content (AvgIpc) is 2.50. The summed E-state index contributed by atoms with van der Waals surface area (Å²) in [6.45, 7) is 1.28. The molecule has 0 heterocycles. The van der Waals surface area contributed by atoms with Crippen LogP contribution in [0.4, 0.5) is 4.39 Å². The summed E-state index contributed by atoms with van der Waals surface area (Å²) in [5.41, 5.74) is 2.55. The third kappa shape index (κ3) is 4.37. The zero-order valence-electron chi connectivity index (χ0n) is 11.5. The van der Waals surface area contributed by atoms with Crippen LogP contribution in [0.1, 0.15) is 21.5 Å². The molecule has 0 fully saturated rings. The number of nitrogens with one attached hydrogen (secondary N) is 1. The van der Waals surface area contributed by atoms with Crippen LogP contribution in [0.25, 0.3) is 0 Å². The van der Waals surface area contributed by atoms with E-state index in [1.54, 1.807) is 24.3 Å². The molecule has 2 aromatic rings. The highest BCUT2D eigenvalue weighted by molar-refractivity contribution is 9.10. The lowest BCUT2D eigenvalue weighted by Crippen LogP contribution is -2.13. The Labute approximate surface area is 131 Å². The molecule has 0 aliphatic carbocycles. The number of ether oxygens (including phenoxy) is 1. The van der Waals surface area contributed by atoms with Crippen LogP contribution in [-0.4, -0.2) is 13.1 Å². The highest BCUT2D eigenvalue weighted by atomic mass is 79.9. The van der Waals surface area contributed by atoms with Gasteiger partial charge in [0.15, 0.2) is 0 Å². The first-order valence-electron chi connectivity index (χ1n) is 6.42. The van der Waals surface area contributed by atoms with E-state index in [2.05, 4.69) is 26.0 Å². The Hall–Kier alpha value is -1.72. The SMILES string of the molecule is COC(=O)c1ccc(CNCc2ccc(F)cc2)c(Br)c1. The molecule has 3 nitrogen and oxygen atoms in total. The lowest BCUT2D eigenvalue weighted by atomic mass is 10.1. The molecular formula is C16H15BrFNO2. The van der Waals surface area contributed by atoms with Crippen molar-refractivity contribution >= 4 is 21.9 Å². The van der Waals surface area contributed by atoms with Crippen molar-refractivity contribution in [1.82, 2.24) is 5.32 Å². The van der Waals surface area contributed by atoms with Gasteiger partial charge in [0.25, 0.3) is 0 Å². The number of rotatable bonds is 5. The molecule has 0 aliphatic heterocycles. The van der Waals surface area contributed by atoms with Crippen LogP contribution in [0.2, 0.25) is 0 Å². The molecule has 0 aromatic heterocycles. The highest BCUT2D eigenvalue weighted by Gasteiger charge is 2.08. The van der Waals surface area contributed by atoms with Crippen molar-refractivity contribution < 1.29 is 13.9 Å². The zero-order chi connectivity index (χ0) is 15.2. The number of halogens is 2. The van der Waals surface area contributed by atoms with E-state index in [9.17, 15) is 9.18 Å². The molecule has 5 heteroatoms. The van der Waals surface area contributed by atoms with Crippen molar-refractivity contribution in [1.29, 1.82) is 0 Å². The lowest BCUT2D eigenvalue weighted by Gasteiger charge is -2.08. The minimum Gasteiger partial charge on any atom is -0.465 e. The fraction of sp³-hybridized carbons (Fsp3) is 0.188. The van der Waals surface area contributed by atoms with E-state index in [4.69, 9.17) is 0 Å². The maximum Gasteiger partial charge on any atom is 0.337 e. The number of hydrogen-bond donors (Lipinski definition) is 1. The van der Waals surface area contributed by atoms with E-state index in [1.165, 1.54) is 19.2 Å². The number of methoxy groups -OCH3 is 1. The monoisotopic (exact) mass is 351 g/mol. The summed E-state index contributed by atoms with van der Waals surface area (Å²) in [6, 6.07) is 11.7. The summed E-state index contributed by atoms with van der Waals surface area (Å²) in [5, 5.41) is 3.27. The van der Waals surface area contributed by atoms with Gasteiger partial charge in [0, 0.05) is 17.6 Å². The van der Waals surface area contributed by atoms with E-state index in [-0.39, 0.29) is 11.8 Å². The van der Waals surface area contributed by atoms with E-state index >= 15 is 0 Å². The fourth-order valence-corrected chi connectivity index (χ4v) is 2.40. The molecule has 0 aliphatic rings. The molecule has 0 bridgehead atoms.